The topological polar surface area (TPSA) is 49.3 Å². The van der Waals surface area contributed by atoms with Crippen LogP contribution in [-0.2, 0) is 0 Å². The number of hydrogen-bond donors (Lipinski definition) is 2. The highest BCUT2D eigenvalue weighted by Gasteiger charge is 2.28. The molecule has 2 atom stereocenters. The van der Waals surface area contributed by atoms with Gasteiger partial charge in [0.2, 0.25) is 0 Å². The summed E-state index contributed by atoms with van der Waals surface area (Å²) in [5.41, 5.74) is 4.86. The van der Waals surface area contributed by atoms with E-state index in [0.717, 1.165) is 18.8 Å². The zero-order valence-corrected chi connectivity index (χ0v) is 14.1. The molecule has 1 aliphatic carbocycles. The van der Waals surface area contributed by atoms with Crippen molar-refractivity contribution in [3.05, 3.63) is 59.7 Å². The third kappa shape index (κ3) is 3.20. The lowest BCUT2D eigenvalue weighted by atomic mass is 9.81. The quantitative estimate of drug-likeness (QED) is 0.900. The Balaban J connectivity index is 1.65. The van der Waals surface area contributed by atoms with Gasteiger partial charge in [-0.25, -0.2) is 0 Å². The molecule has 1 saturated heterocycles. The van der Waals surface area contributed by atoms with Crippen molar-refractivity contribution in [2.75, 3.05) is 13.1 Å². The summed E-state index contributed by atoms with van der Waals surface area (Å²) in [5.74, 6) is 0.705. The van der Waals surface area contributed by atoms with E-state index in [0.29, 0.717) is 17.9 Å². The Kier molecular flexibility index (Phi) is 4.30. The van der Waals surface area contributed by atoms with Crippen LogP contribution in [0, 0.1) is 18.8 Å². The Labute approximate surface area is 143 Å². The van der Waals surface area contributed by atoms with Gasteiger partial charge in [0.1, 0.15) is 0 Å². The molecule has 0 amide bonds. The normalized spacial score (nSPS) is 26.5. The summed E-state index contributed by atoms with van der Waals surface area (Å²) in [6.07, 6.45) is 15.1. The summed E-state index contributed by atoms with van der Waals surface area (Å²) >= 11 is 0. The van der Waals surface area contributed by atoms with Gasteiger partial charge in [-0.2, -0.15) is 0 Å². The Morgan fingerprint density at radius 2 is 2.12 bits per heavy atom. The highest BCUT2D eigenvalue weighted by molar-refractivity contribution is 5.81. The fourth-order valence-electron chi connectivity index (χ4n) is 3.72. The molecule has 0 aromatic carbocycles. The van der Waals surface area contributed by atoms with Crippen LogP contribution in [0.2, 0.25) is 0 Å². The minimum atomic E-state index is 0.330. The van der Waals surface area contributed by atoms with Crippen LogP contribution in [-0.4, -0.2) is 30.3 Å². The molecule has 4 nitrogen and oxygen atoms in total. The van der Waals surface area contributed by atoms with E-state index in [-0.39, 0.29) is 0 Å². The molecule has 3 aliphatic rings. The number of nitrogens with one attached hydrogen (secondary N) is 2. The lowest BCUT2D eigenvalue weighted by Gasteiger charge is -2.33. The molecule has 124 valence electrons. The minimum absolute atomic E-state index is 0.330. The standard InChI is InChI=1S/C20H24N4/c1-14-10-15(3-9-23-14)17-11-16-2-6-22-13-19(16)20(12-17)24-18-4-7-21-8-5-18/h2-3,6,9-13,16,18-19,21,24H,4-5,7-8H2,1H3. The fraction of sp³-hybridized carbons (Fsp3) is 0.400. The van der Waals surface area contributed by atoms with Crippen molar-refractivity contribution < 1.29 is 0 Å². The fourth-order valence-corrected chi connectivity index (χ4v) is 3.72. The van der Waals surface area contributed by atoms with Crippen LogP contribution >= 0.6 is 0 Å². The first-order valence-corrected chi connectivity index (χ1v) is 8.83. The molecule has 0 spiro atoms. The van der Waals surface area contributed by atoms with Crippen molar-refractivity contribution >= 4 is 11.8 Å². The number of aryl methyl sites for hydroxylation is 1. The first-order chi connectivity index (χ1) is 11.8. The molecule has 0 bridgehead atoms. The van der Waals surface area contributed by atoms with Crippen molar-refractivity contribution in [3.63, 3.8) is 0 Å². The van der Waals surface area contributed by atoms with Crippen molar-refractivity contribution in [2.45, 2.75) is 25.8 Å². The van der Waals surface area contributed by atoms with Gasteiger partial charge in [0, 0.05) is 47.9 Å². The van der Waals surface area contributed by atoms with E-state index in [2.05, 4.69) is 57.2 Å². The maximum absolute atomic E-state index is 4.38. The largest absolute Gasteiger partial charge is 0.385 e. The summed E-state index contributed by atoms with van der Waals surface area (Å²) in [6, 6.07) is 4.81. The summed E-state index contributed by atoms with van der Waals surface area (Å²) in [7, 11) is 0. The number of pyridine rings is 1. The maximum atomic E-state index is 4.38. The van der Waals surface area contributed by atoms with Gasteiger partial charge in [-0.1, -0.05) is 12.2 Å². The second kappa shape index (κ2) is 6.73. The zero-order valence-electron chi connectivity index (χ0n) is 14.1. The number of hydrogen-bond acceptors (Lipinski definition) is 4. The first kappa shape index (κ1) is 15.3. The molecule has 1 aromatic heterocycles. The number of aromatic nitrogens is 1. The van der Waals surface area contributed by atoms with Crippen LogP contribution in [0.1, 0.15) is 24.1 Å². The van der Waals surface area contributed by atoms with Crippen LogP contribution in [0.15, 0.2) is 53.4 Å². The number of aliphatic imine (C=N–C) groups is 1. The third-order valence-electron chi connectivity index (χ3n) is 5.04. The molecule has 2 aliphatic heterocycles. The van der Waals surface area contributed by atoms with Gasteiger partial charge in [0.05, 0.1) is 0 Å². The molecular formula is C20H24N4. The molecule has 1 aromatic rings. The number of allylic oxidation sites excluding steroid dienone is 5. The Hall–Kier alpha value is -2.20. The molecule has 0 saturated carbocycles. The maximum Gasteiger partial charge on any atom is 0.0439 e. The second-order valence-electron chi connectivity index (χ2n) is 6.82. The Morgan fingerprint density at radius 1 is 1.25 bits per heavy atom. The van der Waals surface area contributed by atoms with Crippen molar-refractivity contribution in [1.82, 2.24) is 15.6 Å². The van der Waals surface area contributed by atoms with Gasteiger partial charge in [-0.3, -0.25) is 9.98 Å². The molecule has 2 unspecified atom stereocenters. The van der Waals surface area contributed by atoms with E-state index in [9.17, 15) is 0 Å². The van der Waals surface area contributed by atoms with Crippen molar-refractivity contribution in [2.24, 2.45) is 16.8 Å². The van der Waals surface area contributed by atoms with Gasteiger partial charge in [-0.05, 0) is 62.2 Å². The van der Waals surface area contributed by atoms with Crippen LogP contribution < -0.4 is 10.6 Å². The summed E-state index contributed by atoms with van der Waals surface area (Å²) in [6.45, 7) is 4.24. The first-order valence-electron chi connectivity index (χ1n) is 8.83. The minimum Gasteiger partial charge on any atom is -0.385 e. The Morgan fingerprint density at radius 3 is 2.96 bits per heavy atom. The smallest absolute Gasteiger partial charge is 0.0439 e. The molecular weight excluding hydrogens is 296 g/mol. The van der Waals surface area contributed by atoms with Crippen molar-refractivity contribution in [3.8, 4) is 0 Å². The average Bonchev–Trinajstić information content (AvgIpc) is 2.62. The zero-order chi connectivity index (χ0) is 16.4. The molecule has 1 fully saturated rings. The Bertz CT molecular complexity index is 723. The van der Waals surface area contributed by atoms with E-state index < -0.39 is 0 Å². The lowest BCUT2D eigenvalue weighted by Crippen LogP contribution is -2.42. The molecule has 4 rings (SSSR count). The summed E-state index contributed by atoms with van der Waals surface area (Å²) in [4.78, 5) is 8.70. The molecule has 3 heterocycles. The SMILES string of the molecule is Cc1cc(C2=CC3C=CN=CC3C(NC3CCNCC3)=C2)ccn1. The van der Waals surface area contributed by atoms with Crippen molar-refractivity contribution in [1.29, 1.82) is 0 Å². The number of nitrogens with zero attached hydrogens (tertiary/aromatic N) is 2. The average molecular weight is 320 g/mol. The van der Waals surface area contributed by atoms with E-state index >= 15 is 0 Å². The number of piperidine rings is 1. The van der Waals surface area contributed by atoms with E-state index in [1.165, 1.54) is 29.7 Å². The lowest BCUT2D eigenvalue weighted by molar-refractivity contribution is 0.398. The highest BCUT2D eigenvalue weighted by Crippen LogP contribution is 2.34. The monoisotopic (exact) mass is 320 g/mol. The van der Waals surface area contributed by atoms with Crippen LogP contribution in [0.4, 0.5) is 0 Å². The molecule has 0 radical (unpaired) electrons. The van der Waals surface area contributed by atoms with Crippen LogP contribution in [0.25, 0.3) is 5.57 Å². The van der Waals surface area contributed by atoms with Gasteiger partial charge in [0.25, 0.3) is 0 Å². The third-order valence-corrected chi connectivity index (χ3v) is 5.04. The van der Waals surface area contributed by atoms with Gasteiger partial charge < -0.3 is 10.6 Å². The van der Waals surface area contributed by atoms with Crippen LogP contribution in [0.5, 0.6) is 0 Å². The summed E-state index contributed by atoms with van der Waals surface area (Å²) < 4.78 is 0. The summed E-state index contributed by atoms with van der Waals surface area (Å²) in [5, 5.41) is 7.24. The van der Waals surface area contributed by atoms with E-state index in [1.54, 1.807) is 0 Å². The molecule has 24 heavy (non-hydrogen) atoms. The molecule has 2 N–H and O–H groups in total. The number of fused-ring (bicyclic) bond motifs is 1. The predicted octanol–water partition coefficient (Wildman–Crippen LogP) is 2.84. The molecule has 4 heteroatoms. The number of rotatable bonds is 3. The van der Waals surface area contributed by atoms with Gasteiger partial charge >= 0.3 is 0 Å². The van der Waals surface area contributed by atoms with Gasteiger partial charge in [0.15, 0.2) is 0 Å². The van der Waals surface area contributed by atoms with E-state index in [4.69, 9.17) is 0 Å². The van der Waals surface area contributed by atoms with E-state index in [1.807, 2.05) is 19.3 Å². The second-order valence-corrected chi connectivity index (χ2v) is 6.82. The van der Waals surface area contributed by atoms with Crippen LogP contribution in [0.3, 0.4) is 0 Å². The predicted molar refractivity (Wildman–Crippen MR) is 98.7 cm³/mol. The highest BCUT2D eigenvalue weighted by atomic mass is 15.0. The van der Waals surface area contributed by atoms with Gasteiger partial charge in [-0.15, -0.1) is 0 Å².